The van der Waals surface area contributed by atoms with Crippen molar-refractivity contribution >= 4 is 33.5 Å². The van der Waals surface area contributed by atoms with E-state index in [0.717, 1.165) is 27.5 Å². The van der Waals surface area contributed by atoms with Gasteiger partial charge in [-0.05, 0) is 18.2 Å². The number of nitrogens with zero attached hydrogens (tertiary/aromatic N) is 3. The number of hydrogen-bond donors (Lipinski definition) is 3. The summed E-state index contributed by atoms with van der Waals surface area (Å²) in [5.74, 6) is 0. The van der Waals surface area contributed by atoms with Gasteiger partial charge in [0.25, 0.3) is 0 Å². The topological polar surface area (TPSA) is 101 Å². The summed E-state index contributed by atoms with van der Waals surface area (Å²) in [4.78, 5) is 8.96. The maximum absolute atomic E-state index is 10.6. The third kappa shape index (κ3) is 2.82. The van der Waals surface area contributed by atoms with Crippen LogP contribution in [0.5, 0.6) is 0 Å². The molecule has 4 aromatic rings. The number of hydrogen-bond acceptors (Lipinski definition) is 6. The van der Waals surface area contributed by atoms with Gasteiger partial charge in [-0.25, -0.2) is 9.97 Å². The van der Waals surface area contributed by atoms with Crippen molar-refractivity contribution in [3.05, 3.63) is 59.9 Å². The number of aliphatic hydroxyl groups excluding tert-OH is 3. The molecule has 0 unspecified atom stereocenters. The molecule has 0 bridgehead atoms. The van der Waals surface area contributed by atoms with Crippen molar-refractivity contribution in [2.75, 3.05) is 6.61 Å². The number of aliphatic hydroxyl groups is 3. The lowest BCUT2D eigenvalue weighted by Crippen LogP contribution is -2.33. The van der Waals surface area contributed by atoms with Crippen LogP contribution in [0.3, 0.4) is 0 Å². The maximum atomic E-state index is 10.6. The number of halogens is 1. The minimum atomic E-state index is -1.23. The molecule has 7 nitrogen and oxygen atoms in total. The first kappa shape index (κ1) is 18.5. The Morgan fingerprint density at radius 1 is 1.03 bits per heavy atom. The predicted molar refractivity (Wildman–Crippen MR) is 108 cm³/mol. The highest BCUT2D eigenvalue weighted by atomic mass is 35.5. The van der Waals surface area contributed by atoms with Crippen LogP contribution >= 0.6 is 11.6 Å². The van der Waals surface area contributed by atoms with Gasteiger partial charge in [0.15, 0.2) is 6.23 Å². The van der Waals surface area contributed by atoms with Gasteiger partial charge in [-0.1, -0.05) is 41.9 Å². The van der Waals surface area contributed by atoms with Crippen molar-refractivity contribution < 1.29 is 20.1 Å². The summed E-state index contributed by atoms with van der Waals surface area (Å²) in [5.41, 5.74) is 2.93. The Morgan fingerprint density at radius 3 is 2.55 bits per heavy atom. The molecule has 0 aliphatic carbocycles. The maximum Gasteiger partial charge on any atom is 0.165 e. The van der Waals surface area contributed by atoms with Crippen LogP contribution in [-0.2, 0) is 4.74 Å². The van der Waals surface area contributed by atoms with Gasteiger partial charge in [-0.15, -0.1) is 0 Å². The molecule has 0 saturated carbocycles. The Labute approximate surface area is 170 Å². The van der Waals surface area contributed by atoms with Crippen LogP contribution in [0.4, 0.5) is 0 Å². The van der Waals surface area contributed by atoms with Crippen LogP contribution in [-0.4, -0.2) is 54.8 Å². The lowest BCUT2D eigenvalue weighted by Gasteiger charge is -2.18. The Bertz CT molecular complexity index is 1200. The van der Waals surface area contributed by atoms with Crippen molar-refractivity contribution in [3.63, 3.8) is 0 Å². The van der Waals surface area contributed by atoms with Crippen molar-refractivity contribution in [2.45, 2.75) is 24.5 Å². The van der Waals surface area contributed by atoms with Crippen molar-refractivity contribution in [2.24, 2.45) is 0 Å². The van der Waals surface area contributed by atoms with Crippen LogP contribution < -0.4 is 0 Å². The molecule has 0 spiro atoms. The molecule has 29 heavy (non-hydrogen) atoms. The molecule has 1 saturated heterocycles. The summed E-state index contributed by atoms with van der Waals surface area (Å²) in [7, 11) is 0. The van der Waals surface area contributed by atoms with Crippen LogP contribution in [0.15, 0.2) is 54.9 Å². The first-order valence-electron chi connectivity index (χ1n) is 9.22. The second-order valence-electron chi connectivity index (χ2n) is 7.05. The second-order valence-corrected chi connectivity index (χ2v) is 7.48. The van der Waals surface area contributed by atoms with Crippen LogP contribution in [0.2, 0.25) is 5.02 Å². The van der Waals surface area contributed by atoms with Gasteiger partial charge < -0.3 is 20.1 Å². The minimum absolute atomic E-state index is 0.401. The third-order valence-electron chi connectivity index (χ3n) is 5.36. The normalized spacial score (nSPS) is 24.6. The van der Waals surface area contributed by atoms with E-state index in [-0.39, 0.29) is 0 Å². The van der Waals surface area contributed by atoms with Gasteiger partial charge in [0.05, 0.1) is 23.2 Å². The number of aromatic nitrogens is 3. The van der Waals surface area contributed by atoms with E-state index in [0.29, 0.717) is 10.7 Å². The molecule has 3 heterocycles. The zero-order valence-electron chi connectivity index (χ0n) is 15.2. The Hall–Kier alpha value is -2.55. The molecule has 148 valence electrons. The Balaban J connectivity index is 1.83. The number of fused-ring (bicyclic) bond motifs is 3. The molecule has 1 aliphatic rings. The molecular weight excluding hydrogens is 394 g/mol. The number of rotatable bonds is 3. The average molecular weight is 412 g/mol. The van der Waals surface area contributed by atoms with Crippen molar-refractivity contribution in [3.8, 4) is 11.3 Å². The lowest BCUT2D eigenvalue weighted by molar-refractivity contribution is -0.0489. The fraction of sp³-hybridized carbons (Fsp3) is 0.238. The lowest BCUT2D eigenvalue weighted by atomic mass is 10.1. The van der Waals surface area contributed by atoms with Crippen LogP contribution in [0, 0.1) is 0 Å². The summed E-state index contributed by atoms with van der Waals surface area (Å²) in [6.07, 6.45) is -2.77. The highest BCUT2D eigenvalue weighted by Crippen LogP contribution is 2.40. The highest BCUT2D eigenvalue weighted by Gasteiger charge is 2.44. The summed E-state index contributed by atoms with van der Waals surface area (Å²) in [6.45, 7) is -0.401. The number of benzene rings is 2. The third-order valence-corrected chi connectivity index (χ3v) is 5.60. The minimum Gasteiger partial charge on any atom is -0.394 e. The van der Waals surface area contributed by atoms with E-state index < -0.39 is 31.1 Å². The van der Waals surface area contributed by atoms with Crippen molar-refractivity contribution in [1.82, 2.24) is 14.5 Å². The first-order chi connectivity index (χ1) is 14.1. The van der Waals surface area contributed by atoms with Gasteiger partial charge in [0.1, 0.15) is 30.3 Å². The zero-order chi connectivity index (χ0) is 20.1. The van der Waals surface area contributed by atoms with E-state index in [4.69, 9.17) is 16.3 Å². The van der Waals surface area contributed by atoms with E-state index in [1.54, 1.807) is 10.6 Å². The Kier molecular flexibility index (Phi) is 4.49. The van der Waals surface area contributed by atoms with Gasteiger partial charge in [0, 0.05) is 16.0 Å². The molecular formula is C21H18ClN3O4. The quantitative estimate of drug-likeness (QED) is 0.479. The first-order valence-corrected chi connectivity index (χ1v) is 9.60. The molecule has 2 aromatic heterocycles. The van der Waals surface area contributed by atoms with Gasteiger partial charge in [-0.2, -0.15) is 0 Å². The highest BCUT2D eigenvalue weighted by molar-refractivity contribution is 6.32. The van der Waals surface area contributed by atoms with Crippen molar-refractivity contribution in [1.29, 1.82) is 0 Å². The summed E-state index contributed by atoms with van der Waals surface area (Å²) in [5, 5.41) is 32.5. The molecule has 1 aliphatic heterocycles. The van der Waals surface area contributed by atoms with Gasteiger partial charge in [0.2, 0.25) is 0 Å². The van der Waals surface area contributed by atoms with E-state index in [1.165, 1.54) is 6.33 Å². The van der Waals surface area contributed by atoms with E-state index >= 15 is 0 Å². The molecule has 1 fully saturated rings. The molecule has 3 N–H and O–H groups in total. The smallest absolute Gasteiger partial charge is 0.165 e. The van der Waals surface area contributed by atoms with Gasteiger partial charge >= 0.3 is 0 Å². The summed E-state index contributed by atoms with van der Waals surface area (Å²) >= 11 is 6.28. The summed E-state index contributed by atoms with van der Waals surface area (Å²) < 4.78 is 7.53. The molecule has 0 amide bonds. The monoisotopic (exact) mass is 411 g/mol. The molecule has 8 heteroatoms. The summed E-state index contributed by atoms with van der Waals surface area (Å²) in [6, 6.07) is 15.1. The second kappa shape index (κ2) is 7.05. The van der Waals surface area contributed by atoms with Crippen LogP contribution in [0.25, 0.3) is 33.2 Å². The number of ether oxygens (including phenoxy) is 1. The molecule has 5 rings (SSSR count). The molecule has 4 atom stereocenters. The SMILES string of the molecule is OC[C@H]1O[C@@H](n2c3ccc(Cl)cc3c3c(-c4ccccc4)ncnc32)[C@@H](O)[C@@H]1O. The zero-order valence-corrected chi connectivity index (χ0v) is 15.9. The van der Waals surface area contributed by atoms with Gasteiger partial charge in [-0.3, -0.25) is 4.57 Å². The average Bonchev–Trinajstić information content (AvgIpc) is 3.22. The van der Waals surface area contributed by atoms with Crippen LogP contribution in [0.1, 0.15) is 6.23 Å². The van der Waals surface area contributed by atoms with E-state index in [9.17, 15) is 15.3 Å². The standard InChI is InChI=1S/C21H18ClN3O4/c22-12-6-7-14-13(8-12)16-17(11-4-2-1-3-5-11)23-10-24-20(16)25(14)21-19(28)18(27)15(9-26)29-21/h1-8,10,15,18-19,21,26-28H,9H2/t15-,18-,19+,21-/m1/s1. The molecule has 0 radical (unpaired) electrons. The van der Waals surface area contributed by atoms with E-state index in [1.807, 2.05) is 42.5 Å². The molecule has 2 aromatic carbocycles. The Morgan fingerprint density at radius 2 is 1.83 bits per heavy atom. The van der Waals surface area contributed by atoms with E-state index in [2.05, 4.69) is 9.97 Å². The fourth-order valence-corrected chi connectivity index (χ4v) is 4.18. The largest absolute Gasteiger partial charge is 0.394 e. The fourth-order valence-electron chi connectivity index (χ4n) is 4.01. The predicted octanol–water partition coefficient (Wildman–Crippen LogP) is 2.52.